The molecule has 1 atom stereocenters. The minimum atomic E-state index is -0.904. The molecule has 1 unspecified atom stereocenters. The van der Waals surface area contributed by atoms with Crippen molar-refractivity contribution in [1.29, 1.82) is 0 Å². The Balaban J connectivity index is 1.82. The summed E-state index contributed by atoms with van der Waals surface area (Å²) in [5.41, 5.74) is 4.36. The van der Waals surface area contributed by atoms with E-state index in [2.05, 4.69) is 22.5 Å². The first-order valence-electron chi connectivity index (χ1n) is 11.8. The van der Waals surface area contributed by atoms with Gasteiger partial charge in [-0.3, -0.25) is 9.59 Å². The van der Waals surface area contributed by atoms with Gasteiger partial charge in [0.15, 0.2) is 0 Å². The molecule has 0 spiro atoms. The summed E-state index contributed by atoms with van der Waals surface area (Å²) in [4.78, 5) is 27.8. The number of nitrogens with zero attached hydrogens (tertiary/aromatic N) is 1. The number of aryl methyl sites for hydroxylation is 1. The number of allylic oxidation sites excluding steroid dienone is 1. The van der Waals surface area contributed by atoms with Crippen molar-refractivity contribution in [2.45, 2.75) is 69.7 Å². The first-order chi connectivity index (χ1) is 16.1. The summed E-state index contributed by atoms with van der Waals surface area (Å²) in [6, 6.07) is 15.7. The maximum absolute atomic E-state index is 13.2. The van der Waals surface area contributed by atoms with Crippen LogP contribution in [0.5, 0.6) is 0 Å². The fraction of sp³-hybridized carbons (Fsp3) is 0.407. The summed E-state index contributed by atoms with van der Waals surface area (Å²) in [6.07, 6.45) is 3.14. The number of benzene rings is 2. The number of hydrogen-bond acceptors (Lipinski definition) is 5. The van der Waals surface area contributed by atoms with Crippen LogP contribution in [0.1, 0.15) is 64.3 Å². The normalized spacial score (nSPS) is 15.9. The molecule has 0 saturated carbocycles. The standard InChI is InChI=1S/C27H35N3O3S/c1-6-7-10-17-30-19(3)23(25(31)28-22-12-9-8-11-18(22)2)29-24(30)20-13-15-21(16-14-20)34-27(4,5)26(32)33/h8-9,11-16,24,29H,6-7,10,17H2,1-5H3,(H,28,31)(H,32,33). The molecule has 7 heteroatoms. The zero-order valence-electron chi connectivity index (χ0n) is 20.6. The lowest BCUT2D eigenvalue weighted by Crippen LogP contribution is -2.31. The topological polar surface area (TPSA) is 81.7 Å². The molecule has 0 bridgehead atoms. The van der Waals surface area contributed by atoms with E-state index in [9.17, 15) is 14.7 Å². The molecule has 1 amide bonds. The van der Waals surface area contributed by atoms with Crippen molar-refractivity contribution in [1.82, 2.24) is 10.2 Å². The van der Waals surface area contributed by atoms with Gasteiger partial charge < -0.3 is 20.6 Å². The lowest BCUT2D eigenvalue weighted by atomic mass is 10.1. The van der Waals surface area contributed by atoms with Gasteiger partial charge in [-0.2, -0.15) is 0 Å². The Bertz CT molecular complexity index is 1060. The van der Waals surface area contributed by atoms with Crippen molar-refractivity contribution in [3.63, 3.8) is 0 Å². The van der Waals surface area contributed by atoms with E-state index in [1.807, 2.05) is 62.4 Å². The fourth-order valence-electron chi connectivity index (χ4n) is 3.93. The first-order valence-corrected chi connectivity index (χ1v) is 12.6. The maximum atomic E-state index is 13.2. The number of amides is 1. The van der Waals surface area contributed by atoms with E-state index in [4.69, 9.17) is 0 Å². The number of aliphatic carboxylic acids is 1. The van der Waals surface area contributed by atoms with Gasteiger partial charge in [0.2, 0.25) is 0 Å². The van der Waals surface area contributed by atoms with E-state index in [0.29, 0.717) is 5.70 Å². The van der Waals surface area contributed by atoms with Gasteiger partial charge in [0.25, 0.3) is 5.91 Å². The average Bonchev–Trinajstić information content (AvgIpc) is 3.12. The number of anilines is 1. The Hall–Kier alpha value is -2.93. The molecule has 2 aromatic rings. The van der Waals surface area contributed by atoms with Crippen LogP contribution in [0.3, 0.4) is 0 Å². The van der Waals surface area contributed by atoms with Gasteiger partial charge in [0, 0.05) is 22.8 Å². The summed E-state index contributed by atoms with van der Waals surface area (Å²) < 4.78 is -0.904. The number of rotatable bonds is 10. The minimum absolute atomic E-state index is 0.148. The molecule has 0 radical (unpaired) electrons. The monoisotopic (exact) mass is 481 g/mol. The van der Waals surface area contributed by atoms with Gasteiger partial charge in [-0.05, 0) is 63.4 Å². The number of unbranched alkanes of at least 4 members (excludes halogenated alkanes) is 2. The molecule has 1 aliphatic heterocycles. The lowest BCUT2D eigenvalue weighted by molar-refractivity contribution is -0.138. The summed E-state index contributed by atoms with van der Waals surface area (Å²) in [6.45, 7) is 10.4. The van der Waals surface area contributed by atoms with Crippen LogP contribution in [0.2, 0.25) is 0 Å². The van der Waals surface area contributed by atoms with Crippen molar-refractivity contribution in [2.75, 3.05) is 11.9 Å². The molecule has 0 aromatic heterocycles. The van der Waals surface area contributed by atoms with E-state index >= 15 is 0 Å². The zero-order valence-corrected chi connectivity index (χ0v) is 21.5. The van der Waals surface area contributed by atoms with Crippen molar-refractivity contribution >= 4 is 29.3 Å². The van der Waals surface area contributed by atoms with Crippen LogP contribution in [-0.4, -0.2) is 33.2 Å². The number of carbonyl (C=O) groups is 2. The van der Waals surface area contributed by atoms with Crippen LogP contribution in [0, 0.1) is 6.92 Å². The van der Waals surface area contributed by atoms with Crippen LogP contribution >= 0.6 is 11.8 Å². The Kier molecular flexibility index (Phi) is 8.31. The predicted molar refractivity (Wildman–Crippen MR) is 139 cm³/mol. The van der Waals surface area contributed by atoms with Crippen molar-refractivity contribution in [3.05, 3.63) is 71.1 Å². The number of nitrogens with one attached hydrogen (secondary N) is 2. The molecule has 3 rings (SSSR count). The van der Waals surface area contributed by atoms with Crippen molar-refractivity contribution in [3.8, 4) is 0 Å². The van der Waals surface area contributed by atoms with Gasteiger partial charge in [0.1, 0.15) is 16.6 Å². The largest absolute Gasteiger partial charge is 0.480 e. The van der Waals surface area contributed by atoms with Gasteiger partial charge in [-0.15, -0.1) is 11.8 Å². The van der Waals surface area contributed by atoms with Crippen LogP contribution in [0.4, 0.5) is 5.69 Å². The number of thioether (sulfide) groups is 1. The highest BCUT2D eigenvalue weighted by Crippen LogP contribution is 2.36. The van der Waals surface area contributed by atoms with E-state index in [0.717, 1.165) is 53.2 Å². The van der Waals surface area contributed by atoms with Gasteiger partial charge in [0.05, 0.1) is 0 Å². The Morgan fingerprint density at radius 3 is 2.38 bits per heavy atom. The molecular weight excluding hydrogens is 446 g/mol. The number of carboxylic acids is 1. The summed E-state index contributed by atoms with van der Waals surface area (Å²) >= 11 is 1.32. The highest BCUT2D eigenvalue weighted by Gasteiger charge is 2.33. The van der Waals surface area contributed by atoms with E-state index in [1.54, 1.807) is 13.8 Å². The second-order valence-electron chi connectivity index (χ2n) is 9.16. The van der Waals surface area contributed by atoms with E-state index in [-0.39, 0.29) is 12.1 Å². The third kappa shape index (κ3) is 5.95. The highest BCUT2D eigenvalue weighted by molar-refractivity contribution is 8.01. The summed E-state index contributed by atoms with van der Waals surface area (Å²) in [5.74, 6) is -0.990. The summed E-state index contributed by atoms with van der Waals surface area (Å²) in [5, 5.41) is 15.9. The predicted octanol–water partition coefficient (Wildman–Crippen LogP) is 5.91. The van der Waals surface area contributed by atoms with Crippen LogP contribution in [-0.2, 0) is 9.59 Å². The first kappa shape index (κ1) is 25.7. The Morgan fingerprint density at radius 1 is 1.09 bits per heavy atom. The summed E-state index contributed by atoms with van der Waals surface area (Å²) in [7, 11) is 0. The molecule has 1 aliphatic rings. The van der Waals surface area contributed by atoms with Crippen LogP contribution in [0.25, 0.3) is 0 Å². The molecular formula is C27H35N3O3S. The highest BCUT2D eigenvalue weighted by atomic mass is 32.2. The smallest absolute Gasteiger partial charge is 0.319 e. The Labute approximate surface area is 206 Å². The molecule has 0 saturated heterocycles. The van der Waals surface area contributed by atoms with Gasteiger partial charge >= 0.3 is 5.97 Å². The van der Waals surface area contributed by atoms with Crippen LogP contribution < -0.4 is 10.6 Å². The molecule has 3 N–H and O–H groups in total. The average molecular weight is 482 g/mol. The molecule has 182 valence electrons. The van der Waals surface area contributed by atoms with Gasteiger partial charge in [-0.25, -0.2) is 0 Å². The maximum Gasteiger partial charge on any atom is 0.319 e. The number of para-hydroxylation sites is 1. The second-order valence-corrected chi connectivity index (χ2v) is 10.9. The SMILES string of the molecule is CCCCCN1C(C)=C(C(=O)Nc2ccccc2C)NC1c1ccc(SC(C)(C)C(=O)O)cc1. The van der Waals surface area contributed by atoms with E-state index < -0.39 is 10.7 Å². The van der Waals surface area contributed by atoms with Crippen molar-refractivity contribution in [2.24, 2.45) is 0 Å². The quantitative estimate of drug-likeness (QED) is 0.289. The molecule has 34 heavy (non-hydrogen) atoms. The molecule has 1 heterocycles. The van der Waals surface area contributed by atoms with Crippen LogP contribution in [0.15, 0.2) is 64.8 Å². The third-order valence-corrected chi connectivity index (χ3v) is 7.28. The number of carboxylic acid groups (broad SMARTS) is 1. The number of carbonyl (C=O) groups excluding carboxylic acids is 1. The molecule has 0 fully saturated rings. The lowest BCUT2D eigenvalue weighted by Gasteiger charge is -2.28. The number of hydrogen-bond donors (Lipinski definition) is 3. The molecule has 2 aromatic carbocycles. The molecule has 6 nitrogen and oxygen atoms in total. The minimum Gasteiger partial charge on any atom is -0.480 e. The van der Waals surface area contributed by atoms with E-state index in [1.165, 1.54) is 11.8 Å². The second kappa shape index (κ2) is 11.0. The third-order valence-electron chi connectivity index (χ3n) is 6.09. The van der Waals surface area contributed by atoms with Crippen molar-refractivity contribution < 1.29 is 14.7 Å². The van der Waals surface area contributed by atoms with Gasteiger partial charge in [-0.1, -0.05) is 50.1 Å². The fourth-order valence-corrected chi connectivity index (χ4v) is 4.88. The zero-order chi connectivity index (χ0) is 24.9. The molecule has 0 aliphatic carbocycles. The Morgan fingerprint density at radius 2 is 1.76 bits per heavy atom.